The number of thioether (sulfide) groups is 1. The van der Waals surface area contributed by atoms with Gasteiger partial charge in [0, 0.05) is 0 Å². The Morgan fingerprint density at radius 3 is 1.71 bits per heavy atom. The summed E-state index contributed by atoms with van der Waals surface area (Å²) in [6, 6.07) is 38.6. The quantitative estimate of drug-likeness (QED) is 0.207. The molecule has 3 heteroatoms. The van der Waals surface area contributed by atoms with Crippen molar-refractivity contribution in [2.24, 2.45) is 0 Å². The van der Waals surface area contributed by atoms with Crippen LogP contribution in [0.25, 0.3) is 0 Å². The second-order valence-corrected chi connectivity index (χ2v) is 9.58. The Bertz CT molecular complexity index is 828. The summed E-state index contributed by atoms with van der Waals surface area (Å²) in [7, 11) is -0.481. The van der Waals surface area contributed by atoms with E-state index in [-0.39, 0.29) is 17.1 Å². The predicted octanol–water partition coefficient (Wildman–Crippen LogP) is 5.99. The number of hydrogen-bond donors (Lipinski definition) is 0. The summed E-state index contributed by atoms with van der Waals surface area (Å²) in [6.07, 6.45) is 2.19. The van der Waals surface area contributed by atoms with E-state index in [0.29, 0.717) is 5.25 Å². The average molecular weight is 444 g/mol. The van der Waals surface area contributed by atoms with Gasteiger partial charge in [-0.1, -0.05) is 67.6 Å². The van der Waals surface area contributed by atoms with Gasteiger partial charge in [0.25, 0.3) is 0 Å². The van der Waals surface area contributed by atoms with Crippen molar-refractivity contribution in [3.63, 3.8) is 0 Å². The maximum Gasteiger partial charge on any atom is 2.00 e. The van der Waals surface area contributed by atoms with Crippen LogP contribution >= 0.6 is 19.7 Å². The molecule has 4 aromatic carbocycles. The van der Waals surface area contributed by atoms with Crippen molar-refractivity contribution in [3.05, 3.63) is 115 Å². The predicted molar refractivity (Wildman–Crippen MR) is 125 cm³/mol. The molecule has 144 valence electrons. The Labute approximate surface area is 185 Å². The first-order valence-electron chi connectivity index (χ1n) is 9.16. The second kappa shape index (κ2) is 12.1. The number of hydrogen-bond acceptors (Lipinski definition) is 1. The maximum absolute atomic E-state index is 2.31. The van der Waals surface area contributed by atoms with Crippen molar-refractivity contribution in [2.75, 3.05) is 6.26 Å². The molecule has 0 bridgehead atoms. The third kappa shape index (κ3) is 5.97. The SMILES string of the molecule is CSC(C)c1cc[cH-]c1P(c1ccccc1)c1ccccc1.[Fe+2].c1cc[cH-]c1. The first-order chi connectivity index (χ1) is 13.3. The molecule has 0 radical (unpaired) electrons. The molecule has 0 fully saturated rings. The van der Waals surface area contributed by atoms with Crippen LogP contribution in [0.3, 0.4) is 0 Å². The summed E-state index contributed by atoms with van der Waals surface area (Å²) < 4.78 is 0. The molecule has 1 atom stereocenters. The van der Waals surface area contributed by atoms with E-state index >= 15 is 0 Å². The van der Waals surface area contributed by atoms with E-state index in [0.717, 1.165) is 0 Å². The van der Waals surface area contributed by atoms with Gasteiger partial charge in [0.1, 0.15) is 0 Å². The molecule has 0 saturated heterocycles. The molecule has 4 aromatic rings. The van der Waals surface area contributed by atoms with E-state index in [1.807, 2.05) is 42.1 Å². The molecule has 0 spiro atoms. The van der Waals surface area contributed by atoms with E-state index in [1.54, 1.807) is 0 Å². The third-order valence-corrected chi connectivity index (χ3v) is 7.92. The van der Waals surface area contributed by atoms with E-state index in [2.05, 4.69) is 92.0 Å². The van der Waals surface area contributed by atoms with Gasteiger partial charge in [0.2, 0.25) is 0 Å². The van der Waals surface area contributed by atoms with Gasteiger partial charge in [0.05, 0.1) is 0 Å². The third-order valence-electron chi connectivity index (χ3n) is 4.44. The topological polar surface area (TPSA) is 0 Å². The Hall–Kier alpha value is -1.56. The molecule has 0 saturated carbocycles. The van der Waals surface area contributed by atoms with Crippen molar-refractivity contribution in [3.8, 4) is 0 Å². The van der Waals surface area contributed by atoms with Crippen molar-refractivity contribution >= 4 is 35.6 Å². The molecule has 0 aliphatic rings. The molecule has 0 heterocycles. The van der Waals surface area contributed by atoms with Crippen LogP contribution in [0.2, 0.25) is 0 Å². The zero-order valence-corrected chi connectivity index (χ0v) is 19.0. The van der Waals surface area contributed by atoms with Gasteiger partial charge in [-0.15, -0.1) is 5.30 Å². The molecule has 1 unspecified atom stereocenters. The fourth-order valence-corrected chi connectivity index (χ4v) is 6.10. The average Bonchev–Trinajstić information content (AvgIpc) is 3.45. The van der Waals surface area contributed by atoms with Gasteiger partial charge in [-0.3, -0.25) is 0 Å². The van der Waals surface area contributed by atoms with Crippen LogP contribution in [0, 0.1) is 0 Å². The van der Waals surface area contributed by atoms with E-state index in [4.69, 9.17) is 0 Å². The van der Waals surface area contributed by atoms with Crippen LogP contribution in [0.4, 0.5) is 0 Å². The number of benzene rings is 2. The summed E-state index contributed by atoms with van der Waals surface area (Å²) in [5, 5.41) is 4.87. The zero-order chi connectivity index (χ0) is 18.9. The van der Waals surface area contributed by atoms with Gasteiger partial charge in [-0.05, 0) is 30.0 Å². The monoisotopic (exact) mass is 444 g/mol. The minimum Gasteiger partial charge on any atom is -0.214 e. The summed E-state index contributed by atoms with van der Waals surface area (Å²) in [5.74, 6) is 0. The second-order valence-electron chi connectivity index (χ2n) is 6.21. The van der Waals surface area contributed by atoms with Crippen molar-refractivity contribution in [1.82, 2.24) is 0 Å². The molecule has 28 heavy (non-hydrogen) atoms. The maximum atomic E-state index is 2.31. The van der Waals surface area contributed by atoms with E-state index < -0.39 is 7.92 Å². The van der Waals surface area contributed by atoms with Crippen LogP contribution in [0.5, 0.6) is 0 Å². The van der Waals surface area contributed by atoms with Gasteiger partial charge in [-0.25, -0.2) is 18.2 Å². The molecular weight excluding hydrogens is 419 g/mol. The zero-order valence-electron chi connectivity index (χ0n) is 16.2. The summed E-state index contributed by atoms with van der Waals surface area (Å²) >= 11 is 1.91. The fourth-order valence-electron chi connectivity index (χ4n) is 3.00. The van der Waals surface area contributed by atoms with Gasteiger partial charge < -0.3 is 0 Å². The van der Waals surface area contributed by atoms with Crippen LogP contribution < -0.4 is 15.9 Å². The van der Waals surface area contributed by atoms with Crippen molar-refractivity contribution < 1.29 is 17.1 Å². The van der Waals surface area contributed by atoms with Crippen LogP contribution in [0.1, 0.15) is 17.7 Å². The molecule has 0 amide bonds. The molecule has 0 nitrogen and oxygen atoms in total. The van der Waals surface area contributed by atoms with E-state index in [1.165, 1.54) is 21.5 Å². The molecule has 4 rings (SSSR count). The fraction of sp³-hybridized carbons (Fsp3) is 0.120. The smallest absolute Gasteiger partial charge is 0.214 e. The van der Waals surface area contributed by atoms with E-state index in [9.17, 15) is 0 Å². The Balaban J connectivity index is 0.000000408. The Kier molecular flexibility index (Phi) is 9.82. The summed E-state index contributed by atoms with van der Waals surface area (Å²) in [4.78, 5) is 0. The largest absolute Gasteiger partial charge is 2.00 e. The van der Waals surface area contributed by atoms with Gasteiger partial charge in [0.15, 0.2) is 0 Å². The first kappa shape index (κ1) is 22.7. The molecule has 0 N–H and O–H groups in total. The van der Waals surface area contributed by atoms with Gasteiger partial charge >= 0.3 is 17.1 Å². The number of rotatable bonds is 5. The Morgan fingerprint density at radius 2 is 1.29 bits per heavy atom. The van der Waals surface area contributed by atoms with Crippen molar-refractivity contribution in [1.29, 1.82) is 0 Å². The minimum absolute atomic E-state index is 0. The minimum atomic E-state index is -0.481. The van der Waals surface area contributed by atoms with Crippen LogP contribution in [-0.4, -0.2) is 6.26 Å². The molecule has 0 aromatic heterocycles. The molecule has 0 aliphatic heterocycles. The van der Waals surface area contributed by atoms with Crippen LogP contribution in [-0.2, 0) is 17.1 Å². The molecular formula is C25H25FePS. The first-order valence-corrected chi connectivity index (χ1v) is 11.8. The standard InChI is InChI=1S/C20H20PS.C5H5.Fe/c1-16(22-2)19-14-9-15-20(19)21(17-10-5-3-6-11-17)18-12-7-4-8-13-18;1-2-4-5-3-1;/h3-16H,1-2H3;1-5H;/q2*-1;+2. The van der Waals surface area contributed by atoms with Crippen molar-refractivity contribution in [2.45, 2.75) is 12.2 Å². The van der Waals surface area contributed by atoms with Gasteiger partial charge in [-0.2, -0.15) is 47.7 Å². The molecule has 0 aliphatic carbocycles. The summed E-state index contributed by atoms with van der Waals surface area (Å²) in [6.45, 7) is 2.30. The summed E-state index contributed by atoms with van der Waals surface area (Å²) in [5.41, 5.74) is 1.48. The Morgan fingerprint density at radius 1 is 0.750 bits per heavy atom. The normalized spacial score (nSPS) is 11.2. The van der Waals surface area contributed by atoms with Crippen LogP contribution in [0.15, 0.2) is 109 Å².